The summed E-state index contributed by atoms with van der Waals surface area (Å²) in [5.74, 6) is -0.839. The molecule has 2 heterocycles. The topological polar surface area (TPSA) is 160 Å². The van der Waals surface area contributed by atoms with Crippen molar-refractivity contribution < 1.29 is 29.6 Å². The van der Waals surface area contributed by atoms with E-state index in [1.54, 1.807) is 17.7 Å². The minimum atomic E-state index is -2.27. The van der Waals surface area contributed by atoms with Crippen LogP contribution in [0.3, 0.4) is 0 Å². The minimum absolute atomic E-state index is 0.195. The smallest absolute Gasteiger partial charge is 0.321 e. The maximum atomic E-state index is 11.5. The highest BCUT2D eigenvalue weighted by Gasteiger charge is 2.41. The highest BCUT2D eigenvalue weighted by Crippen LogP contribution is 2.33. The van der Waals surface area contributed by atoms with Crippen molar-refractivity contribution >= 4 is 26.0 Å². The summed E-state index contributed by atoms with van der Waals surface area (Å²) in [7, 11) is 7.57. The number of ether oxygens (including phenoxy) is 2. The van der Waals surface area contributed by atoms with Gasteiger partial charge in [0.25, 0.3) is 5.56 Å². The van der Waals surface area contributed by atoms with Gasteiger partial charge in [0, 0.05) is 26.0 Å². The lowest BCUT2D eigenvalue weighted by atomic mass is 9.87. The Morgan fingerprint density at radius 1 is 1.41 bits per heavy atom. The zero-order chi connectivity index (χ0) is 23.2. The second kappa shape index (κ2) is 15.3. The van der Waals surface area contributed by atoms with Crippen LogP contribution in [0.4, 0.5) is 0 Å². The number of rotatable bonds is 4. The molecule has 1 fully saturated rings. The van der Waals surface area contributed by atoms with Gasteiger partial charge in [-0.3, -0.25) is 19.1 Å². The first kappa shape index (κ1) is 29.6. The van der Waals surface area contributed by atoms with Crippen molar-refractivity contribution in [2.45, 2.75) is 58.1 Å². The molecule has 10 nitrogen and oxygen atoms in total. The number of aryl methyl sites for hydroxylation is 1. The third kappa shape index (κ3) is 9.65. The van der Waals surface area contributed by atoms with Gasteiger partial charge in [0.2, 0.25) is 0 Å². The normalized spacial score (nSPS) is 19.2. The second-order valence-electron chi connectivity index (χ2n) is 5.77. The number of carbonyl (C=O) groups excluding carboxylic acids is 1. The number of aliphatic hydroxyl groups is 3. The molecule has 0 aromatic carbocycles. The molecule has 166 valence electrons. The van der Waals surface area contributed by atoms with Crippen molar-refractivity contribution in [3.05, 3.63) is 26.9 Å². The predicted octanol–water partition coefficient (Wildman–Crippen LogP) is -0.158. The fourth-order valence-electron chi connectivity index (χ4n) is 2.22. The van der Waals surface area contributed by atoms with E-state index in [0.717, 1.165) is 14.2 Å². The average Bonchev–Trinajstić information content (AvgIpc) is 3.19. The molecule has 1 saturated heterocycles. The molecule has 1 aromatic heterocycles. The van der Waals surface area contributed by atoms with Crippen LogP contribution in [0.5, 0.6) is 0 Å². The number of aromatic amines is 1. The van der Waals surface area contributed by atoms with Crippen LogP contribution in [0.25, 0.3) is 0 Å². The summed E-state index contributed by atoms with van der Waals surface area (Å²) in [5, 5.41) is 24.0. The van der Waals surface area contributed by atoms with E-state index < -0.39 is 30.5 Å². The zero-order valence-electron chi connectivity index (χ0n) is 17.5. The van der Waals surface area contributed by atoms with Crippen molar-refractivity contribution in [1.29, 1.82) is 0 Å². The Kier molecular flexibility index (Phi) is 15.6. The van der Waals surface area contributed by atoms with E-state index in [2.05, 4.69) is 23.6 Å². The zero-order valence-corrected chi connectivity index (χ0v) is 18.4. The fourth-order valence-corrected chi connectivity index (χ4v) is 2.48. The SMILES string of the molecule is CCC.CO.CO.[B]C(O)(OC(=O)CN)C1CCC(n2cc(C)c(=O)[nH]c2=S)O1. The highest BCUT2D eigenvalue weighted by molar-refractivity contribution is 7.71. The largest absolute Gasteiger partial charge is 0.440 e. The van der Waals surface area contributed by atoms with Gasteiger partial charge < -0.3 is 30.5 Å². The maximum absolute atomic E-state index is 11.5. The standard InChI is InChI=1S/C12H16BN3O5S.C3H8.2CH4O/c1-6-5-16(11(22)15-10(6)18)8-3-2-7(20-8)12(13,19)21-9(17)4-14;1-3-2;2*1-2/h5,7-8,19H,2-4,14H2,1H3,(H,15,18,22);3H2,1-2H3;2*2H,1H3. The minimum Gasteiger partial charge on any atom is -0.440 e. The molecule has 1 aliphatic rings. The Labute approximate surface area is 177 Å². The molecule has 0 amide bonds. The van der Waals surface area contributed by atoms with Crippen molar-refractivity contribution in [3.63, 3.8) is 0 Å². The van der Waals surface area contributed by atoms with Gasteiger partial charge in [-0.25, -0.2) is 0 Å². The van der Waals surface area contributed by atoms with Crippen LogP contribution in [-0.2, 0) is 14.3 Å². The molecular weight excluding hydrogens is 401 g/mol. The molecule has 1 aliphatic heterocycles. The third-order valence-electron chi connectivity index (χ3n) is 3.36. The highest BCUT2D eigenvalue weighted by atomic mass is 32.1. The van der Waals surface area contributed by atoms with E-state index in [-0.39, 0.29) is 10.3 Å². The molecule has 2 rings (SSSR count). The van der Waals surface area contributed by atoms with Crippen molar-refractivity contribution in [2.24, 2.45) is 5.73 Å². The quantitative estimate of drug-likeness (QED) is 0.188. The number of H-pyrrole nitrogens is 1. The predicted molar refractivity (Wildman–Crippen MR) is 112 cm³/mol. The van der Waals surface area contributed by atoms with Crippen LogP contribution in [0.1, 0.15) is 44.9 Å². The number of aromatic nitrogens is 2. The van der Waals surface area contributed by atoms with Crippen molar-refractivity contribution in [1.82, 2.24) is 9.55 Å². The van der Waals surface area contributed by atoms with E-state index in [0.29, 0.717) is 18.4 Å². The summed E-state index contributed by atoms with van der Waals surface area (Å²) >= 11 is 5.09. The van der Waals surface area contributed by atoms with Gasteiger partial charge in [0.05, 0.1) is 6.54 Å². The summed E-state index contributed by atoms with van der Waals surface area (Å²) < 4.78 is 12.1. The van der Waals surface area contributed by atoms with Crippen LogP contribution in [0, 0.1) is 11.7 Å². The number of aliphatic hydroxyl groups excluding tert-OH is 2. The Balaban J connectivity index is 0. The van der Waals surface area contributed by atoms with Gasteiger partial charge in [-0.05, 0) is 32.0 Å². The second-order valence-corrected chi connectivity index (χ2v) is 6.16. The summed E-state index contributed by atoms with van der Waals surface area (Å²) in [6.45, 7) is 5.48. The Morgan fingerprint density at radius 3 is 2.41 bits per heavy atom. The van der Waals surface area contributed by atoms with Gasteiger partial charge in [-0.1, -0.05) is 20.3 Å². The van der Waals surface area contributed by atoms with E-state index in [4.69, 9.17) is 40.7 Å². The van der Waals surface area contributed by atoms with Gasteiger partial charge in [0.1, 0.15) is 12.3 Å². The monoisotopic (exact) mass is 433 g/mol. The Hall–Kier alpha value is -1.57. The molecule has 3 atom stereocenters. The van der Waals surface area contributed by atoms with Crippen LogP contribution >= 0.6 is 12.2 Å². The Morgan fingerprint density at radius 2 is 1.93 bits per heavy atom. The van der Waals surface area contributed by atoms with E-state index in [9.17, 15) is 14.7 Å². The Bertz CT molecular complexity index is 709. The molecule has 12 heteroatoms. The van der Waals surface area contributed by atoms with Crippen LogP contribution in [-0.4, -0.2) is 71.2 Å². The summed E-state index contributed by atoms with van der Waals surface area (Å²) in [5.41, 5.74) is 3.04. The van der Waals surface area contributed by atoms with E-state index in [1.165, 1.54) is 6.42 Å². The molecule has 0 saturated carbocycles. The van der Waals surface area contributed by atoms with Crippen LogP contribution in [0.15, 0.2) is 11.0 Å². The van der Waals surface area contributed by atoms with Crippen molar-refractivity contribution in [2.75, 3.05) is 20.8 Å². The number of hydrogen-bond acceptors (Lipinski definition) is 9. The lowest BCUT2D eigenvalue weighted by Crippen LogP contribution is -2.48. The van der Waals surface area contributed by atoms with E-state index in [1.807, 2.05) is 0 Å². The number of carbonyl (C=O) groups is 1. The molecule has 2 radical (unpaired) electrons. The number of nitrogens with two attached hydrogens (primary N) is 1. The lowest BCUT2D eigenvalue weighted by Gasteiger charge is -2.30. The summed E-state index contributed by atoms with van der Waals surface area (Å²) in [6, 6.07) is 0. The number of esters is 1. The first-order chi connectivity index (χ1) is 13.7. The average molecular weight is 433 g/mol. The molecule has 6 N–H and O–H groups in total. The molecule has 29 heavy (non-hydrogen) atoms. The van der Waals surface area contributed by atoms with Gasteiger partial charge >= 0.3 is 5.97 Å². The molecular formula is C17H32BN3O7S. The third-order valence-corrected chi connectivity index (χ3v) is 3.67. The fraction of sp³-hybridized carbons (Fsp3) is 0.706. The number of nitrogens with zero attached hydrogens (tertiary/aromatic N) is 1. The maximum Gasteiger partial charge on any atom is 0.321 e. The lowest BCUT2D eigenvalue weighted by molar-refractivity contribution is -0.214. The summed E-state index contributed by atoms with van der Waals surface area (Å²) in [6.07, 6.45) is 2.18. The number of nitrogens with one attached hydrogen (secondary N) is 1. The van der Waals surface area contributed by atoms with Crippen LogP contribution in [0.2, 0.25) is 0 Å². The van der Waals surface area contributed by atoms with Crippen molar-refractivity contribution in [3.8, 4) is 0 Å². The van der Waals surface area contributed by atoms with Gasteiger partial charge in [0.15, 0.2) is 18.3 Å². The molecule has 1 aromatic rings. The molecule has 0 bridgehead atoms. The van der Waals surface area contributed by atoms with Gasteiger partial charge in [-0.15, -0.1) is 0 Å². The number of hydrogen-bond donors (Lipinski definition) is 5. The summed E-state index contributed by atoms with van der Waals surface area (Å²) in [4.78, 5) is 25.2. The molecule has 0 aliphatic carbocycles. The molecule has 3 unspecified atom stereocenters. The van der Waals surface area contributed by atoms with Gasteiger partial charge in [-0.2, -0.15) is 0 Å². The first-order valence-corrected chi connectivity index (χ1v) is 9.37. The van der Waals surface area contributed by atoms with E-state index >= 15 is 0 Å². The first-order valence-electron chi connectivity index (χ1n) is 8.96. The molecule has 0 spiro atoms. The van der Waals surface area contributed by atoms with Crippen LogP contribution < -0.4 is 11.3 Å².